The number of hydrogen-bond donors (Lipinski definition) is 0. The molecule has 0 radical (unpaired) electrons. The molecule has 0 amide bonds. The van der Waals surface area contributed by atoms with Gasteiger partial charge in [0.05, 0.1) is 23.4 Å². The molecule has 0 fully saturated rings. The van der Waals surface area contributed by atoms with E-state index in [4.69, 9.17) is 19.7 Å². The van der Waals surface area contributed by atoms with Crippen molar-refractivity contribution in [3.05, 3.63) is 139 Å². The van der Waals surface area contributed by atoms with Crippen LogP contribution in [0.15, 0.2) is 122 Å². The van der Waals surface area contributed by atoms with E-state index < -0.39 is 0 Å². The first-order chi connectivity index (χ1) is 23.5. The Morgan fingerprint density at radius 1 is 0.612 bits per heavy atom. The zero-order valence-corrected chi connectivity index (χ0v) is 28.6. The molecule has 7 nitrogen and oxygen atoms in total. The highest BCUT2D eigenvalue weighted by Crippen LogP contribution is 2.36. The van der Waals surface area contributed by atoms with Gasteiger partial charge in [-0.2, -0.15) is 9.97 Å². The Morgan fingerprint density at radius 2 is 1.31 bits per heavy atom. The van der Waals surface area contributed by atoms with Gasteiger partial charge in [0, 0.05) is 45.3 Å². The van der Waals surface area contributed by atoms with Crippen LogP contribution in [0.5, 0.6) is 11.5 Å². The molecule has 49 heavy (non-hydrogen) atoms. The van der Waals surface area contributed by atoms with E-state index in [-0.39, 0.29) is 10.8 Å². The van der Waals surface area contributed by atoms with E-state index in [1.807, 2.05) is 64.1 Å². The minimum absolute atomic E-state index is 0.00138. The van der Waals surface area contributed by atoms with Crippen LogP contribution in [0.3, 0.4) is 0 Å². The van der Waals surface area contributed by atoms with Gasteiger partial charge < -0.3 is 9.30 Å². The SMILES string of the molecule is CC(C)(C)c1cnc(-[n+]2[c-]n(-c3cccc(Oc4ccc5c6ccccc6n(-c6cc(C(C)(C)C)ccn6)c5c4)c3)c3ccccc32)nc1. The summed E-state index contributed by atoms with van der Waals surface area (Å²) >= 11 is 0. The first kappa shape index (κ1) is 30.5. The second-order valence-electron chi connectivity index (χ2n) is 14.6. The maximum Gasteiger partial charge on any atom is 0.322 e. The molecule has 8 aromatic rings. The Kier molecular flexibility index (Phi) is 7.10. The highest BCUT2D eigenvalue weighted by Gasteiger charge is 2.20. The summed E-state index contributed by atoms with van der Waals surface area (Å²) in [6.45, 7) is 13.2. The molecule has 0 saturated carbocycles. The number of imidazole rings is 1. The molecule has 0 aliphatic carbocycles. The maximum absolute atomic E-state index is 6.57. The predicted octanol–water partition coefficient (Wildman–Crippen LogP) is 9.38. The van der Waals surface area contributed by atoms with Crippen molar-refractivity contribution in [2.45, 2.75) is 52.4 Å². The van der Waals surface area contributed by atoms with Crippen molar-refractivity contribution in [3.8, 4) is 29.0 Å². The summed E-state index contributed by atoms with van der Waals surface area (Å²) in [5.41, 5.74) is 7.29. The molecule has 0 aliphatic rings. The van der Waals surface area contributed by atoms with Gasteiger partial charge in [-0.3, -0.25) is 9.13 Å². The third kappa shape index (κ3) is 5.51. The summed E-state index contributed by atoms with van der Waals surface area (Å²) in [7, 11) is 0. The standard InChI is InChI=1S/C42H38N6O/c1-41(2,3)28-20-21-43-39(22-28)48-35-15-8-7-14-33(35)34-19-18-32(24-38(34)48)49-31-13-11-12-30(23-31)46-27-47(37-17-10-9-16-36(37)46)40-44-25-29(26-45-40)42(4,5)6/h7-26H,1-6H3. The van der Waals surface area contributed by atoms with Crippen molar-refractivity contribution in [1.29, 1.82) is 0 Å². The third-order valence-corrected chi connectivity index (χ3v) is 9.07. The largest absolute Gasteiger partial charge is 0.458 e. The fourth-order valence-electron chi connectivity index (χ4n) is 6.31. The van der Waals surface area contributed by atoms with Crippen LogP contribution in [0.4, 0.5) is 0 Å². The average Bonchev–Trinajstić information content (AvgIpc) is 3.64. The van der Waals surface area contributed by atoms with Crippen molar-refractivity contribution in [1.82, 2.24) is 24.1 Å². The molecule has 4 heterocycles. The minimum Gasteiger partial charge on any atom is -0.458 e. The number of nitrogens with zero attached hydrogens (tertiary/aromatic N) is 6. The molecule has 4 aromatic heterocycles. The van der Waals surface area contributed by atoms with E-state index in [0.29, 0.717) is 5.95 Å². The van der Waals surface area contributed by atoms with Gasteiger partial charge in [0.1, 0.15) is 17.3 Å². The van der Waals surface area contributed by atoms with Crippen LogP contribution in [0.2, 0.25) is 0 Å². The van der Waals surface area contributed by atoms with Gasteiger partial charge in [-0.25, -0.2) is 4.98 Å². The molecular weight excluding hydrogens is 605 g/mol. The monoisotopic (exact) mass is 642 g/mol. The van der Waals surface area contributed by atoms with E-state index in [2.05, 4.69) is 119 Å². The zero-order valence-electron chi connectivity index (χ0n) is 28.6. The van der Waals surface area contributed by atoms with Gasteiger partial charge in [-0.1, -0.05) is 96.1 Å². The highest BCUT2D eigenvalue weighted by molar-refractivity contribution is 6.09. The lowest BCUT2D eigenvalue weighted by atomic mass is 9.88. The first-order valence-corrected chi connectivity index (χ1v) is 16.6. The molecular formula is C42H38N6O. The van der Waals surface area contributed by atoms with Crippen molar-refractivity contribution < 1.29 is 9.30 Å². The molecule has 0 N–H and O–H groups in total. The third-order valence-electron chi connectivity index (χ3n) is 9.07. The van der Waals surface area contributed by atoms with Crippen LogP contribution in [0.25, 0.3) is 50.3 Å². The van der Waals surface area contributed by atoms with Crippen molar-refractivity contribution in [2.75, 3.05) is 0 Å². The van der Waals surface area contributed by atoms with E-state index >= 15 is 0 Å². The Labute approximate surface area is 286 Å². The second kappa shape index (κ2) is 11.4. The van der Waals surface area contributed by atoms with E-state index in [1.165, 1.54) is 10.9 Å². The molecule has 0 unspecified atom stereocenters. The van der Waals surface area contributed by atoms with Gasteiger partial charge in [0.15, 0.2) is 6.33 Å². The molecule has 0 spiro atoms. The van der Waals surface area contributed by atoms with Crippen LogP contribution in [-0.4, -0.2) is 24.1 Å². The fraction of sp³-hybridized carbons (Fsp3) is 0.190. The zero-order chi connectivity index (χ0) is 33.9. The molecule has 0 atom stereocenters. The number of ether oxygens (including phenoxy) is 1. The minimum atomic E-state index is -0.0311. The molecule has 7 heteroatoms. The topological polar surface area (TPSA) is 61.6 Å². The smallest absolute Gasteiger partial charge is 0.322 e. The lowest BCUT2D eigenvalue weighted by molar-refractivity contribution is -0.580. The van der Waals surface area contributed by atoms with E-state index in [9.17, 15) is 0 Å². The van der Waals surface area contributed by atoms with Gasteiger partial charge in [-0.15, -0.1) is 0 Å². The van der Waals surface area contributed by atoms with Crippen LogP contribution in [0.1, 0.15) is 52.7 Å². The lowest BCUT2D eigenvalue weighted by Gasteiger charge is -2.20. The summed E-state index contributed by atoms with van der Waals surface area (Å²) in [6, 6.07) is 35.3. The van der Waals surface area contributed by atoms with Crippen molar-refractivity contribution in [2.24, 2.45) is 0 Å². The molecule has 0 aliphatic heterocycles. The normalized spacial score (nSPS) is 12.3. The number of para-hydroxylation sites is 3. The Balaban J connectivity index is 1.18. The number of fused-ring (bicyclic) bond motifs is 4. The maximum atomic E-state index is 6.57. The number of aromatic nitrogens is 6. The summed E-state index contributed by atoms with van der Waals surface area (Å²) in [5, 5.41) is 2.32. The van der Waals surface area contributed by atoms with Crippen LogP contribution in [-0.2, 0) is 10.8 Å². The highest BCUT2D eigenvalue weighted by atomic mass is 16.5. The Bertz CT molecular complexity index is 2490. The molecule has 0 bridgehead atoms. The van der Waals surface area contributed by atoms with Crippen LogP contribution >= 0.6 is 0 Å². The summed E-state index contributed by atoms with van der Waals surface area (Å²) < 4.78 is 12.7. The van der Waals surface area contributed by atoms with E-state index in [0.717, 1.165) is 56.0 Å². The average molecular weight is 643 g/mol. The van der Waals surface area contributed by atoms with Crippen LogP contribution in [0, 0.1) is 6.33 Å². The molecule has 242 valence electrons. The number of pyridine rings is 1. The summed E-state index contributed by atoms with van der Waals surface area (Å²) in [4.78, 5) is 14.2. The number of benzene rings is 4. The Morgan fingerprint density at radius 3 is 2.08 bits per heavy atom. The lowest BCUT2D eigenvalue weighted by Crippen LogP contribution is -2.32. The number of rotatable bonds is 5. The Hall–Kier alpha value is -5.82. The van der Waals surface area contributed by atoms with Crippen molar-refractivity contribution >= 4 is 32.8 Å². The fourth-order valence-corrected chi connectivity index (χ4v) is 6.31. The van der Waals surface area contributed by atoms with Gasteiger partial charge in [-0.05, 0) is 58.9 Å². The molecule has 8 rings (SSSR count). The van der Waals surface area contributed by atoms with Crippen molar-refractivity contribution in [3.63, 3.8) is 0 Å². The second-order valence-corrected chi connectivity index (χ2v) is 14.6. The van der Waals surface area contributed by atoms with Gasteiger partial charge >= 0.3 is 5.95 Å². The summed E-state index contributed by atoms with van der Waals surface area (Å²) in [6.07, 6.45) is 9.20. The first-order valence-electron chi connectivity index (χ1n) is 16.6. The predicted molar refractivity (Wildman–Crippen MR) is 195 cm³/mol. The summed E-state index contributed by atoms with van der Waals surface area (Å²) in [5.74, 6) is 2.92. The van der Waals surface area contributed by atoms with Gasteiger partial charge in [0.2, 0.25) is 0 Å². The van der Waals surface area contributed by atoms with Crippen LogP contribution < -0.4 is 9.30 Å². The quantitative estimate of drug-likeness (QED) is 0.139. The van der Waals surface area contributed by atoms with E-state index in [1.54, 1.807) is 0 Å². The molecule has 0 saturated heterocycles. The van der Waals surface area contributed by atoms with Gasteiger partial charge in [0.25, 0.3) is 0 Å². The molecule has 4 aromatic carbocycles. The number of hydrogen-bond acceptors (Lipinski definition) is 4.